The molecule has 1 rings (SSSR count). The first-order valence-electron chi connectivity index (χ1n) is 8.07. The molecule has 0 amide bonds. The summed E-state index contributed by atoms with van der Waals surface area (Å²) in [6, 6.07) is 5.58. The topological polar surface area (TPSA) is 29.5 Å². The quantitative estimate of drug-likeness (QED) is 0.506. The number of rotatable bonds is 9. The molecule has 0 aliphatic heterocycles. The predicted molar refractivity (Wildman–Crippen MR) is 88.7 cm³/mol. The molecule has 1 unspecified atom stereocenters. The zero-order valence-corrected chi connectivity index (χ0v) is 14.2. The maximum atomic E-state index is 14.6. The fourth-order valence-electron chi connectivity index (χ4n) is 2.38. The third-order valence-corrected chi connectivity index (χ3v) is 3.90. The number of nitrogens with zero attached hydrogens (tertiary/aromatic N) is 1. The van der Waals surface area contributed by atoms with E-state index in [1.807, 2.05) is 30.1 Å². The van der Waals surface area contributed by atoms with E-state index in [1.54, 1.807) is 0 Å². The van der Waals surface area contributed by atoms with Gasteiger partial charge in [0, 0.05) is 20.5 Å². The van der Waals surface area contributed by atoms with E-state index < -0.39 is 0 Å². The Balaban J connectivity index is 2.58. The summed E-state index contributed by atoms with van der Waals surface area (Å²) in [5.74, 6) is 0.150. The highest BCUT2D eigenvalue weighted by molar-refractivity contribution is 5.65. The normalized spacial score (nSPS) is 12.0. The van der Waals surface area contributed by atoms with Gasteiger partial charge in [-0.25, -0.2) is 4.39 Å². The van der Waals surface area contributed by atoms with Gasteiger partial charge in [-0.15, -0.1) is 0 Å². The number of ether oxygens (including phenoxy) is 1. The zero-order valence-electron chi connectivity index (χ0n) is 14.2. The second-order valence-electron chi connectivity index (χ2n) is 5.94. The van der Waals surface area contributed by atoms with E-state index in [4.69, 9.17) is 4.74 Å². The lowest BCUT2D eigenvalue weighted by molar-refractivity contribution is -0.141. The van der Waals surface area contributed by atoms with Crippen LogP contribution in [0, 0.1) is 11.7 Å². The van der Waals surface area contributed by atoms with Crippen LogP contribution in [0.4, 0.5) is 10.1 Å². The third kappa shape index (κ3) is 6.04. The molecule has 0 radical (unpaired) electrons. The number of halogens is 1. The van der Waals surface area contributed by atoms with Gasteiger partial charge >= 0.3 is 5.97 Å². The Labute approximate surface area is 133 Å². The molecule has 0 fully saturated rings. The van der Waals surface area contributed by atoms with Crippen LogP contribution in [0.15, 0.2) is 18.2 Å². The summed E-state index contributed by atoms with van der Waals surface area (Å²) in [6.07, 6.45) is 3.31. The monoisotopic (exact) mass is 309 g/mol. The fraction of sp³-hybridized carbons (Fsp3) is 0.611. The van der Waals surface area contributed by atoms with Crippen LogP contribution < -0.4 is 4.90 Å². The van der Waals surface area contributed by atoms with Crippen molar-refractivity contribution < 1.29 is 13.9 Å². The van der Waals surface area contributed by atoms with Crippen LogP contribution in [0.1, 0.15) is 45.6 Å². The molecule has 0 aliphatic rings. The number of esters is 1. The number of hydrogen-bond acceptors (Lipinski definition) is 3. The highest BCUT2D eigenvalue weighted by atomic mass is 19.1. The molecule has 0 N–H and O–H groups in total. The SMILES string of the molecule is CCC(C)CN(C)c1cccc(CCCCOC(C)=O)c1F. The molecule has 1 aromatic rings. The van der Waals surface area contributed by atoms with E-state index in [0.29, 0.717) is 24.6 Å². The molecule has 124 valence electrons. The molecular weight excluding hydrogens is 281 g/mol. The van der Waals surface area contributed by atoms with E-state index in [0.717, 1.165) is 31.4 Å². The van der Waals surface area contributed by atoms with E-state index in [1.165, 1.54) is 6.92 Å². The van der Waals surface area contributed by atoms with Crippen molar-refractivity contribution in [3.63, 3.8) is 0 Å². The first-order valence-corrected chi connectivity index (χ1v) is 8.07. The fourth-order valence-corrected chi connectivity index (χ4v) is 2.38. The van der Waals surface area contributed by atoms with Gasteiger partial charge in [-0.05, 0) is 36.8 Å². The molecule has 1 aromatic carbocycles. The number of hydrogen-bond donors (Lipinski definition) is 0. The van der Waals surface area contributed by atoms with Crippen LogP contribution in [-0.4, -0.2) is 26.2 Å². The molecule has 0 saturated carbocycles. The molecule has 0 aliphatic carbocycles. The van der Waals surface area contributed by atoms with Gasteiger partial charge in [0.15, 0.2) is 0 Å². The molecule has 22 heavy (non-hydrogen) atoms. The highest BCUT2D eigenvalue weighted by Crippen LogP contribution is 2.23. The Kier molecular flexibility index (Phi) is 7.92. The van der Waals surface area contributed by atoms with E-state index >= 15 is 0 Å². The largest absolute Gasteiger partial charge is 0.466 e. The Morgan fingerprint density at radius 2 is 2.09 bits per heavy atom. The Morgan fingerprint density at radius 3 is 2.73 bits per heavy atom. The van der Waals surface area contributed by atoms with Gasteiger partial charge in [0.25, 0.3) is 0 Å². The zero-order chi connectivity index (χ0) is 16.5. The summed E-state index contributed by atoms with van der Waals surface area (Å²) in [5.41, 5.74) is 1.40. The van der Waals surface area contributed by atoms with Gasteiger partial charge in [-0.3, -0.25) is 4.79 Å². The van der Waals surface area contributed by atoms with Crippen LogP contribution in [0.25, 0.3) is 0 Å². The summed E-state index contributed by atoms with van der Waals surface area (Å²) >= 11 is 0. The van der Waals surface area contributed by atoms with Gasteiger partial charge in [-0.1, -0.05) is 32.4 Å². The van der Waals surface area contributed by atoms with E-state index in [9.17, 15) is 9.18 Å². The number of benzene rings is 1. The second kappa shape index (κ2) is 9.44. The minimum atomic E-state index is -0.264. The van der Waals surface area contributed by atoms with Crippen LogP contribution in [0.3, 0.4) is 0 Å². The number of aryl methyl sites for hydroxylation is 1. The van der Waals surface area contributed by atoms with Crippen molar-refractivity contribution in [2.45, 2.75) is 46.5 Å². The van der Waals surface area contributed by atoms with Gasteiger partial charge in [-0.2, -0.15) is 0 Å². The lowest BCUT2D eigenvalue weighted by atomic mass is 10.0. The molecule has 4 heteroatoms. The van der Waals surface area contributed by atoms with Crippen molar-refractivity contribution >= 4 is 11.7 Å². The molecule has 1 atom stereocenters. The van der Waals surface area contributed by atoms with Gasteiger partial charge in [0.05, 0.1) is 12.3 Å². The predicted octanol–water partition coefficient (Wildman–Crippen LogP) is 4.19. The highest BCUT2D eigenvalue weighted by Gasteiger charge is 2.13. The van der Waals surface area contributed by atoms with Crippen molar-refractivity contribution in [3.05, 3.63) is 29.6 Å². The summed E-state index contributed by atoms with van der Waals surface area (Å²) in [6.45, 7) is 6.98. The van der Waals surface area contributed by atoms with E-state index in [2.05, 4.69) is 13.8 Å². The van der Waals surface area contributed by atoms with Crippen molar-refractivity contribution in [2.75, 3.05) is 25.1 Å². The molecule has 3 nitrogen and oxygen atoms in total. The van der Waals surface area contributed by atoms with E-state index in [-0.39, 0.29) is 11.8 Å². The number of carbonyl (C=O) groups excluding carboxylic acids is 1. The Morgan fingerprint density at radius 1 is 1.36 bits per heavy atom. The average Bonchev–Trinajstić information content (AvgIpc) is 2.47. The van der Waals surface area contributed by atoms with Crippen LogP contribution in [-0.2, 0) is 16.0 Å². The second-order valence-corrected chi connectivity index (χ2v) is 5.94. The smallest absolute Gasteiger partial charge is 0.302 e. The standard InChI is InChI=1S/C18H28FNO2/c1-5-14(2)13-20(4)17-11-8-10-16(18(17)19)9-6-7-12-22-15(3)21/h8,10-11,14H,5-7,9,12-13H2,1-4H3. The number of carbonyl (C=O) groups is 1. The Hall–Kier alpha value is -1.58. The summed E-state index contributed by atoms with van der Waals surface area (Å²) in [7, 11) is 1.94. The minimum Gasteiger partial charge on any atom is -0.466 e. The molecule has 0 aromatic heterocycles. The lowest BCUT2D eigenvalue weighted by Gasteiger charge is -2.24. The van der Waals surface area contributed by atoms with Gasteiger partial charge in [0.1, 0.15) is 5.82 Å². The van der Waals surface area contributed by atoms with Crippen LogP contribution >= 0.6 is 0 Å². The number of anilines is 1. The first kappa shape index (κ1) is 18.5. The molecular formula is C18H28FNO2. The summed E-state index contributed by atoms with van der Waals surface area (Å²) in [5, 5.41) is 0. The van der Waals surface area contributed by atoms with Gasteiger partial charge < -0.3 is 9.64 Å². The van der Waals surface area contributed by atoms with Crippen LogP contribution in [0.2, 0.25) is 0 Å². The third-order valence-electron chi connectivity index (χ3n) is 3.90. The van der Waals surface area contributed by atoms with Crippen molar-refractivity contribution in [1.29, 1.82) is 0 Å². The van der Waals surface area contributed by atoms with Crippen molar-refractivity contribution in [3.8, 4) is 0 Å². The first-order chi connectivity index (χ1) is 10.5. The van der Waals surface area contributed by atoms with Gasteiger partial charge in [0.2, 0.25) is 0 Å². The maximum absolute atomic E-state index is 14.6. The maximum Gasteiger partial charge on any atom is 0.302 e. The lowest BCUT2D eigenvalue weighted by Crippen LogP contribution is -2.24. The van der Waals surface area contributed by atoms with Crippen molar-refractivity contribution in [1.82, 2.24) is 0 Å². The van der Waals surface area contributed by atoms with Crippen LogP contribution in [0.5, 0.6) is 0 Å². The Bertz CT molecular complexity index is 476. The molecule has 0 spiro atoms. The summed E-state index contributed by atoms with van der Waals surface area (Å²) < 4.78 is 19.5. The molecule has 0 saturated heterocycles. The van der Waals surface area contributed by atoms with Crippen molar-refractivity contribution in [2.24, 2.45) is 5.92 Å². The minimum absolute atomic E-state index is 0.124. The molecule has 0 bridgehead atoms. The molecule has 0 heterocycles. The average molecular weight is 309 g/mol. The summed E-state index contributed by atoms with van der Waals surface area (Å²) in [4.78, 5) is 12.7. The number of unbranched alkanes of at least 4 members (excludes halogenated alkanes) is 1.